The van der Waals surface area contributed by atoms with E-state index in [1.807, 2.05) is 0 Å². The van der Waals surface area contributed by atoms with Crippen LogP contribution in [0.25, 0.3) is 0 Å². The van der Waals surface area contributed by atoms with Gasteiger partial charge in [-0.25, -0.2) is 0 Å². The number of anilines is 1. The molecule has 0 aromatic heterocycles. The summed E-state index contributed by atoms with van der Waals surface area (Å²) in [6.07, 6.45) is 3.45. The first-order chi connectivity index (χ1) is 7.68. The van der Waals surface area contributed by atoms with Gasteiger partial charge < -0.3 is 10.0 Å². The number of piperidine rings is 1. The minimum atomic E-state index is -0.637. The van der Waals surface area contributed by atoms with Crippen molar-refractivity contribution in [2.75, 3.05) is 18.0 Å². The second kappa shape index (κ2) is 4.38. The summed E-state index contributed by atoms with van der Waals surface area (Å²) >= 11 is 0. The van der Waals surface area contributed by atoms with E-state index in [1.54, 1.807) is 6.07 Å². The minimum absolute atomic E-state index is 0.347. The first-order valence-corrected chi connectivity index (χ1v) is 5.39. The van der Waals surface area contributed by atoms with E-state index in [0.29, 0.717) is 0 Å². The van der Waals surface area contributed by atoms with Crippen LogP contribution in [0.15, 0.2) is 18.2 Å². The molecule has 0 unspecified atom stereocenters. The largest absolute Gasteiger partial charge is 0.868 e. The summed E-state index contributed by atoms with van der Waals surface area (Å²) in [6, 6.07) is 4.32. The molecule has 1 aromatic carbocycles. The molecule has 0 radical (unpaired) electrons. The number of nitrogens with zero attached hydrogens (tertiary/aromatic N) is 2. The van der Waals surface area contributed by atoms with Crippen molar-refractivity contribution in [1.82, 2.24) is 0 Å². The average molecular weight is 221 g/mol. The molecule has 0 N–H and O–H groups in total. The minimum Gasteiger partial charge on any atom is -0.868 e. The monoisotopic (exact) mass is 221 g/mol. The zero-order valence-electron chi connectivity index (χ0n) is 8.89. The molecule has 0 saturated carbocycles. The lowest BCUT2D eigenvalue weighted by atomic mass is 10.1. The molecular formula is C11H13N2O3-. The lowest BCUT2D eigenvalue weighted by molar-refractivity contribution is -0.398. The summed E-state index contributed by atoms with van der Waals surface area (Å²) < 4.78 is 0. The van der Waals surface area contributed by atoms with Gasteiger partial charge in [0, 0.05) is 24.8 Å². The molecule has 0 atom stereocenters. The standard InChI is InChI=1S/C11H14N2O3/c14-11-8-9(4-5-10(11)13(15)16)12-6-2-1-3-7-12/h4-5,8,14H,1-3,6-7H2/p-1. The Hall–Kier alpha value is -1.78. The Morgan fingerprint density at radius 1 is 1.19 bits per heavy atom. The van der Waals surface area contributed by atoms with E-state index in [0.717, 1.165) is 31.6 Å². The van der Waals surface area contributed by atoms with Crippen molar-refractivity contribution >= 4 is 11.4 Å². The highest BCUT2D eigenvalue weighted by Crippen LogP contribution is 2.29. The summed E-state index contributed by atoms with van der Waals surface area (Å²) in [6.45, 7) is 1.86. The van der Waals surface area contributed by atoms with Crippen molar-refractivity contribution < 1.29 is 10.0 Å². The maximum atomic E-state index is 11.5. The van der Waals surface area contributed by atoms with Gasteiger partial charge in [-0.1, -0.05) is 0 Å². The highest BCUT2D eigenvalue weighted by molar-refractivity contribution is 5.58. The predicted molar refractivity (Wildman–Crippen MR) is 58.6 cm³/mol. The topological polar surface area (TPSA) is 69.4 Å². The van der Waals surface area contributed by atoms with Gasteiger partial charge in [0.2, 0.25) is 0 Å². The Kier molecular flexibility index (Phi) is 2.94. The Morgan fingerprint density at radius 2 is 1.88 bits per heavy atom. The van der Waals surface area contributed by atoms with Crippen LogP contribution in [0.3, 0.4) is 0 Å². The van der Waals surface area contributed by atoms with Crippen LogP contribution in [0.4, 0.5) is 11.4 Å². The molecule has 5 heteroatoms. The molecule has 5 nitrogen and oxygen atoms in total. The second-order valence-electron chi connectivity index (χ2n) is 3.96. The van der Waals surface area contributed by atoms with Gasteiger partial charge in [0.1, 0.15) is 0 Å². The van der Waals surface area contributed by atoms with Gasteiger partial charge in [-0.05, 0) is 37.1 Å². The van der Waals surface area contributed by atoms with Crippen LogP contribution in [0, 0.1) is 10.1 Å². The Bertz CT molecular complexity index is 400. The first kappa shape index (κ1) is 10.7. The van der Waals surface area contributed by atoms with Gasteiger partial charge >= 0.3 is 0 Å². The van der Waals surface area contributed by atoms with Crippen LogP contribution in [-0.2, 0) is 0 Å². The van der Waals surface area contributed by atoms with Crippen molar-refractivity contribution in [2.24, 2.45) is 0 Å². The Balaban J connectivity index is 2.23. The molecule has 0 aliphatic carbocycles. The fourth-order valence-electron chi connectivity index (χ4n) is 2.00. The van der Waals surface area contributed by atoms with Crippen LogP contribution < -0.4 is 10.0 Å². The van der Waals surface area contributed by atoms with Gasteiger partial charge in [-0.2, -0.15) is 0 Å². The molecule has 86 valence electrons. The van der Waals surface area contributed by atoms with Crippen LogP contribution >= 0.6 is 0 Å². The quantitative estimate of drug-likeness (QED) is 0.562. The molecule has 1 heterocycles. The van der Waals surface area contributed by atoms with Crippen molar-refractivity contribution in [2.45, 2.75) is 19.3 Å². The smallest absolute Gasteiger partial charge is 0.261 e. The first-order valence-electron chi connectivity index (χ1n) is 5.39. The third-order valence-corrected chi connectivity index (χ3v) is 2.86. The normalized spacial score (nSPS) is 16.1. The van der Waals surface area contributed by atoms with Crippen molar-refractivity contribution in [1.29, 1.82) is 0 Å². The maximum absolute atomic E-state index is 11.5. The van der Waals surface area contributed by atoms with Crippen LogP contribution in [0.5, 0.6) is 5.75 Å². The summed E-state index contributed by atoms with van der Waals surface area (Å²) in [7, 11) is 0. The molecule has 2 rings (SSSR count). The number of nitro groups is 1. The molecule has 1 aliphatic heterocycles. The van der Waals surface area contributed by atoms with Gasteiger partial charge in [0.15, 0.2) is 0 Å². The maximum Gasteiger partial charge on any atom is 0.261 e. The average Bonchev–Trinajstić information content (AvgIpc) is 2.29. The molecule has 0 bridgehead atoms. The number of benzene rings is 1. The second-order valence-corrected chi connectivity index (χ2v) is 3.96. The predicted octanol–water partition coefficient (Wildman–Crippen LogP) is 1.66. The van der Waals surface area contributed by atoms with Crippen molar-refractivity contribution in [3.63, 3.8) is 0 Å². The molecule has 16 heavy (non-hydrogen) atoms. The molecule has 1 saturated heterocycles. The Morgan fingerprint density at radius 3 is 2.44 bits per heavy atom. The third-order valence-electron chi connectivity index (χ3n) is 2.86. The van der Waals surface area contributed by atoms with E-state index < -0.39 is 10.7 Å². The number of hydrogen-bond acceptors (Lipinski definition) is 4. The number of rotatable bonds is 2. The van der Waals surface area contributed by atoms with Crippen LogP contribution in [0.1, 0.15) is 19.3 Å². The van der Waals surface area contributed by atoms with E-state index in [4.69, 9.17) is 0 Å². The fourth-order valence-corrected chi connectivity index (χ4v) is 2.00. The zero-order chi connectivity index (χ0) is 11.5. The van der Waals surface area contributed by atoms with Gasteiger partial charge in [-0.3, -0.25) is 10.1 Å². The third kappa shape index (κ3) is 2.08. The molecular weight excluding hydrogens is 208 g/mol. The fraction of sp³-hybridized carbons (Fsp3) is 0.455. The number of nitro benzene ring substituents is 1. The van der Waals surface area contributed by atoms with Crippen molar-refractivity contribution in [3.05, 3.63) is 28.3 Å². The van der Waals surface area contributed by atoms with E-state index in [-0.39, 0.29) is 5.69 Å². The van der Waals surface area contributed by atoms with Gasteiger partial charge in [0.25, 0.3) is 5.69 Å². The summed E-state index contributed by atoms with van der Waals surface area (Å²) in [4.78, 5) is 12.0. The van der Waals surface area contributed by atoms with Gasteiger partial charge in [0.05, 0.1) is 4.92 Å². The number of hydrogen-bond donors (Lipinski definition) is 0. The highest BCUT2D eigenvalue weighted by atomic mass is 16.6. The van der Waals surface area contributed by atoms with E-state index in [1.165, 1.54) is 18.6 Å². The summed E-state index contributed by atoms with van der Waals surface area (Å²) in [5.41, 5.74) is 0.455. The molecule has 0 amide bonds. The van der Waals surface area contributed by atoms with E-state index >= 15 is 0 Å². The van der Waals surface area contributed by atoms with Crippen LogP contribution in [0.2, 0.25) is 0 Å². The molecule has 1 aromatic rings. The molecule has 1 fully saturated rings. The Labute approximate surface area is 93.5 Å². The van der Waals surface area contributed by atoms with Gasteiger partial charge in [-0.15, -0.1) is 0 Å². The van der Waals surface area contributed by atoms with E-state index in [9.17, 15) is 15.2 Å². The SMILES string of the molecule is O=[N+]([O-])c1ccc(N2CCCCC2)cc1[O-]. The van der Waals surface area contributed by atoms with Crippen molar-refractivity contribution in [3.8, 4) is 5.75 Å². The summed E-state index contributed by atoms with van der Waals surface area (Å²) in [5.74, 6) is -0.506. The molecule has 1 aliphatic rings. The highest BCUT2D eigenvalue weighted by Gasteiger charge is 2.13. The lowest BCUT2D eigenvalue weighted by Gasteiger charge is -2.29. The molecule has 0 spiro atoms. The zero-order valence-corrected chi connectivity index (χ0v) is 8.89. The van der Waals surface area contributed by atoms with Crippen LogP contribution in [-0.4, -0.2) is 18.0 Å². The summed E-state index contributed by atoms with van der Waals surface area (Å²) in [5, 5.41) is 22.0. The van der Waals surface area contributed by atoms with E-state index in [2.05, 4.69) is 4.90 Å². The lowest BCUT2D eigenvalue weighted by Crippen LogP contribution is -2.29.